The molecule has 12 heavy (non-hydrogen) atoms. The highest BCUT2D eigenvalue weighted by molar-refractivity contribution is 6.35. The second-order valence-corrected chi connectivity index (χ2v) is 2.13. The molecular weight excluding hydrogens is 164 g/mol. The normalized spacial score (nSPS) is 10.7. The molecule has 0 aliphatic carbocycles. The Bertz CT molecular complexity index is 170. The molecule has 0 aromatic rings. The van der Waals surface area contributed by atoms with Gasteiger partial charge in [0.2, 0.25) is 0 Å². The zero-order valence-corrected chi connectivity index (χ0v) is 7.20. The third-order valence-corrected chi connectivity index (χ3v) is 0.853. The van der Waals surface area contributed by atoms with Crippen LogP contribution in [0.4, 0.5) is 0 Å². The number of aliphatic carboxylic acids is 1. The molecule has 0 bridgehead atoms. The van der Waals surface area contributed by atoms with Crippen molar-refractivity contribution in [1.29, 1.82) is 0 Å². The second-order valence-electron chi connectivity index (χ2n) is 2.13. The van der Waals surface area contributed by atoms with E-state index < -0.39 is 12.1 Å². The fraction of sp³-hybridized carbons (Fsp3) is 0.571. The minimum Gasteiger partial charge on any atom is -0.479 e. The van der Waals surface area contributed by atoms with Gasteiger partial charge < -0.3 is 10.2 Å². The lowest BCUT2D eigenvalue weighted by Crippen LogP contribution is -2.13. The van der Waals surface area contributed by atoms with Crippen molar-refractivity contribution >= 4 is 17.5 Å². The molecule has 0 spiro atoms. The number of ketones is 2. The van der Waals surface area contributed by atoms with Gasteiger partial charge in [-0.15, -0.1) is 0 Å². The summed E-state index contributed by atoms with van der Waals surface area (Å²) in [5, 5.41) is 15.8. The van der Waals surface area contributed by atoms with E-state index in [1.54, 1.807) is 0 Å². The van der Waals surface area contributed by atoms with Crippen molar-refractivity contribution in [3.63, 3.8) is 0 Å². The fourth-order valence-electron chi connectivity index (χ4n) is 0. The zero-order valence-electron chi connectivity index (χ0n) is 7.20. The molecule has 5 heteroatoms. The summed E-state index contributed by atoms with van der Waals surface area (Å²) in [5.74, 6) is -1.94. The van der Waals surface area contributed by atoms with Crippen molar-refractivity contribution < 1.29 is 24.6 Å². The topological polar surface area (TPSA) is 91.7 Å². The Morgan fingerprint density at radius 1 is 1.08 bits per heavy atom. The van der Waals surface area contributed by atoms with Crippen LogP contribution in [-0.2, 0) is 14.4 Å². The van der Waals surface area contributed by atoms with Crippen molar-refractivity contribution in [2.75, 3.05) is 0 Å². The predicted molar refractivity (Wildman–Crippen MR) is 40.7 cm³/mol. The molecule has 0 aliphatic rings. The van der Waals surface area contributed by atoms with E-state index in [0.717, 1.165) is 0 Å². The standard InChI is InChI=1S/C4H6O2.C3H6O3/c1-3(5)4(2)6;1-2(4)3(5)6/h1-2H3;2,4H,1H3,(H,5,6). The van der Waals surface area contributed by atoms with E-state index in [-0.39, 0.29) is 11.6 Å². The number of hydrogen-bond donors (Lipinski definition) is 2. The molecule has 0 heterocycles. The summed E-state index contributed by atoms with van der Waals surface area (Å²) in [6, 6.07) is 0. The number of aliphatic hydroxyl groups is 1. The largest absolute Gasteiger partial charge is 0.479 e. The van der Waals surface area contributed by atoms with Crippen molar-refractivity contribution in [1.82, 2.24) is 0 Å². The van der Waals surface area contributed by atoms with Crippen LogP contribution in [0.5, 0.6) is 0 Å². The monoisotopic (exact) mass is 176 g/mol. The van der Waals surface area contributed by atoms with Gasteiger partial charge >= 0.3 is 5.97 Å². The molecular formula is C7H12O5. The van der Waals surface area contributed by atoms with Crippen LogP contribution >= 0.6 is 0 Å². The molecule has 0 saturated heterocycles. The molecule has 0 fully saturated rings. The van der Waals surface area contributed by atoms with E-state index >= 15 is 0 Å². The average Bonchev–Trinajstić information content (AvgIpc) is 1.88. The third kappa shape index (κ3) is 11.6. The molecule has 0 aliphatic heterocycles. The smallest absolute Gasteiger partial charge is 0.332 e. The SMILES string of the molecule is CC(=O)C(C)=O.CC(O)C(=O)O. The first-order valence-electron chi connectivity index (χ1n) is 3.21. The number of aliphatic hydroxyl groups excluding tert-OH is 1. The number of carbonyl (C=O) groups excluding carboxylic acids is 2. The number of Topliss-reactive ketones (excluding diaryl/α,β-unsaturated/α-hetero) is 2. The van der Waals surface area contributed by atoms with E-state index in [2.05, 4.69) is 0 Å². The summed E-state index contributed by atoms with van der Waals surface area (Å²) < 4.78 is 0. The summed E-state index contributed by atoms with van der Waals surface area (Å²) in [6.07, 6.45) is -1.23. The average molecular weight is 176 g/mol. The first kappa shape index (κ1) is 13.4. The van der Waals surface area contributed by atoms with Crippen molar-refractivity contribution in [3.05, 3.63) is 0 Å². The van der Waals surface area contributed by atoms with Crippen LogP contribution in [0, 0.1) is 0 Å². The highest BCUT2D eigenvalue weighted by Gasteiger charge is 2.01. The molecule has 0 aromatic heterocycles. The Morgan fingerprint density at radius 2 is 1.25 bits per heavy atom. The summed E-state index contributed by atoms with van der Waals surface area (Å²) in [5.41, 5.74) is 0. The molecule has 0 saturated carbocycles. The van der Waals surface area contributed by atoms with Crippen LogP contribution in [0.15, 0.2) is 0 Å². The molecule has 1 unspecified atom stereocenters. The summed E-state index contributed by atoms with van der Waals surface area (Å²) in [7, 11) is 0. The minimum absolute atomic E-state index is 0.380. The number of rotatable bonds is 2. The van der Waals surface area contributed by atoms with Gasteiger partial charge in [-0.3, -0.25) is 9.59 Å². The van der Waals surface area contributed by atoms with Gasteiger partial charge in [-0.2, -0.15) is 0 Å². The molecule has 0 aromatic carbocycles. The lowest BCUT2D eigenvalue weighted by atomic mass is 10.3. The number of hydrogen-bond acceptors (Lipinski definition) is 4. The summed E-state index contributed by atoms with van der Waals surface area (Å²) in [4.78, 5) is 29.0. The van der Waals surface area contributed by atoms with Gasteiger partial charge in [0.1, 0.15) is 6.10 Å². The first-order valence-corrected chi connectivity index (χ1v) is 3.21. The molecule has 70 valence electrons. The van der Waals surface area contributed by atoms with Crippen molar-refractivity contribution in [2.45, 2.75) is 26.9 Å². The lowest BCUT2D eigenvalue weighted by Gasteiger charge is -1.89. The fourth-order valence-corrected chi connectivity index (χ4v) is 0. The zero-order chi connectivity index (χ0) is 10.3. The maximum Gasteiger partial charge on any atom is 0.332 e. The Morgan fingerprint density at radius 3 is 1.25 bits per heavy atom. The molecule has 0 radical (unpaired) electrons. The summed E-state index contributed by atoms with van der Waals surface area (Å²) >= 11 is 0. The van der Waals surface area contributed by atoms with Crippen LogP contribution in [0.1, 0.15) is 20.8 Å². The Kier molecular flexibility index (Phi) is 7.22. The third-order valence-electron chi connectivity index (χ3n) is 0.853. The van der Waals surface area contributed by atoms with Gasteiger partial charge in [-0.1, -0.05) is 0 Å². The minimum atomic E-state index is -1.23. The Hall–Kier alpha value is -1.23. The molecule has 5 nitrogen and oxygen atoms in total. The van der Waals surface area contributed by atoms with E-state index in [0.29, 0.717) is 0 Å². The molecule has 0 amide bonds. The quantitative estimate of drug-likeness (QED) is 0.559. The highest BCUT2D eigenvalue weighted by Crippen LogP contribution is 1.73. The van der Waals surface area contributed by atoms with Gasteiger partial charge in [-0.25, -0.2) is 4.79 Å². The van der Waals surface area contributed by atoms with Crippen molar-refractivity contribution in [2.24, 2.45) is 0 Å². The lowest BCUT2D eigenvalue weighted by molar-refractivity contribution is -0.145. The molecule has 2 N–H and O–H groups in total. The number of carboxylic acid groups (broad SMARTS) is 1. The Labute approximate surface area is 70.0 Å². The van der Waals surface area contributed by atoms with E-state index in [1.807, 2.05) is 0 Å². The highest BCUT2D eigenvalue weighted by atomic mass is 16.4. The van der Waals surface area contributed by atoms with Gasteiger partial charge in [0.05, 0.1) is 0 Å². The first-order chi connectivity index (χ1) is 5.29. The van der Waals surface area contributed by atoms with Crippen molar-refractivity contribution in [3.8, 4) is 0 Å². The predicted octanol–water partition coefficient (Wildman–Crippen LogP) is -0.384. The molecule has 0 rings (SSSR count). The number of carbonyl (C=O) groups is 3. The van der Waals surface area contributed by atoms with E-state index in [9.17, 15) is 14.4 Å². The van der Waals surface area contributed by atoms with Crippen LogP contribution in [0.2, 0.25) is 0 Å². The summed E-state index contributed by atoms with van der Waals surface area (Å²) in [6.45, 7) is 3.70. The van der Waals surface area contributed by atoms with Gasteiger partial charge in [-0.05, 0) is 6.92 Å². The maximum absolute atomic E-state index is 9.79. The van der Waals surface area contributed by atoms with Crippen LogP contribution < -0.4 is 0 Å². The van der Waals surface area contributed by atoms with E-state index in [4.69, 9.17) is 10.2 Å². The Balaban J connectivity index is 0. The van der Waals surface area contributed by atoms with Gasteiger partial charge in [0.25, 0.3) is 0 Å². The van der Waals surface area contributed by atoms with Crippen LogP contribution in [0.25, 0.3) is 0 Å². The second kappa shape index (κ2) is 6.48. The maximum atomic E-state index is 9.79. The van der Waals surface area contributed by atoms with Gasteiger partial charge in [0, 0.05) is 13.8 Å². The molecule has 1 atom stereocenters. The van der Waals surface area contributed by atoms with Crippen LogP contribution in [-0.4, -0.2) is 33.9 Å². The van der Waals surface area contributed by atoms with Crippen LogP contribution in [0.3, 0.4) is 0 Å². The number of carboxylic acids is 1. The van der Waals surface area contributed by atoms with E-state index in [1.165, 1.54) is 20.8 Å². The van der Waals surface area contributed by atoms with Gasteiger partial charge in [0.15, 0.2) is 11.6 Å².